The molecule has 0 saturated heterocycles. The van der Waals surface area contributed by atoms with Crippen LogP contribution in [0.1, 0.15) is 29.1 Å². The Balaban J connectivity index is 1.87. The van der Waals surface area contributed by atoms with Crippen molar-refractivity contribution in [1.29, 1.82) is 0 Å². The van der Waals surface area contributed by atoms with Crippen LogP contribution < -0.4 is 10.1 Å². The summed E-state index contributed by atoms with van der Waals surface area (Å²) < 4.78 is 5.25. The lowest BCUT2D eigenvalue weighted by Crippen LogP contribution is -2.21. The molecule has 2 rings (SSSR count). The summed E-state index contributed by atoms with van der Waals surface area (Å²) >= 11 is 1.73. The molecule has 1 aromatic heterocycles. The molecule has 3 nitrogen and oxygen atoms in total. The Morgan fingerprint density at radius 1 is 1.42 bits per heavy atom. The first-order valence-corrected chi connectivity index (χ1v) is 7.35. The van der Waals surface area contributed by atoms with Crippen molar-refractivity contribution in [2.24, 2.45) is 0 Å². The number of hydrogen-bond donors (Lipinski definition) is 1. The largest absolute Gasteiger partial charge is 0.497 e. The molecule has 102 valence electrons. The lowest BCUT2D eigenvalue weighted by molar-refractivity contribution is 0.413. The van der Waals surface area contributed by atoms with Gasteiger partial charge in [0.2, 0.25) is 0 Å². The molecule has 0 aliphatic carbocycles. The normalized spacial score (nSPS) is 12.4. The molecule has 1 aromatic carbocycles. The fraction of sp³-hybridized carbons (Fsp3) is 0.400. The third-order valence-corrected chi connectivity index (χ3v) is 4.24. The summed E-state index contributed by atoms with van der Waals surface area (Å²) in [5.41, 5.74) is 4.32. The average molecular weight is 276 g/mol. The third-order valence-electron chi connectivity index (χ3n) is 3.24. The molecular formula is C15H20N2OS. The van der Waals surface area contributed by atoms with Crippen LogP contribution in [0.25, 0.3) is 0 Å². The zero-order valence-corrected chi connectivity index (χ0v) is 12.5. The molecular weight excluding hydrogens is 256 g/mol. The van der Waals surface area contributed by atoms with Crippen molar-refractivity contribution in [2.75, 3.05) is 13.7 Å². The summed E-state index contributed by atoms with van der Waals surface area (Å²) in [5.74, 6) is 0.907. The maximum Gasteiger partial charge on any atom is 0.119 e. The van der Waals surface area contributed by atoms with Crippen molar-refractivity contribution in [3.8, 4) is 5.75 Å². The Morgan fingerprint density at radius 3 is 2.95 bits per heavy atom. The topological polar surface area (TPSA) is 34.1 Å². The second kappa shape index (κ2) is 6.68. The molecule has 1 atom stereocenters. The summed E-state index contributed by atoms with van der Waals surface area (Å²) in [6.45, 7) is 5.20. The van der Waals surface area contributed by atoms with Crippen molar-refractivity contribution in [1.82, 2.24) is 10.3 Å². The average Bonchev–Trinajstić information content (AvgIpc) is 2.84. The molecule has 0 aliphatic heterocycles. The summed E-state index contributed by atoms with van der Waals surface area (Å²) in [6.07, 6.45) is 1.03. The monoisotopic (exact) mass is 276 g/mol. The van der Waals surface area contributed by atoms with E-state index < -0.39 is 0 Å². The van der Waals surface area contributed by atoms with Crippen LogP contribution in [0.2, 0.25) is 0 Å². The van der Waals surface area contributed by atoms with Gasteiger partial charge in [0.25, 0.3) is 0 Å². The van der Waals surface area contributed by atoms with Gasteiger partial charge in [-0.3, -0.25) is 0 Å². The maximum absolute atomic E-state index is 5.25. The van der Waals surface area contributed by atoms with Crippen molar-refractivity contribution in [2.45, 2.75) is 26.3 Å². The minimum Gasteiger partial charge on any atom is -0.497 e. The van der Waals surface area contributed by atoms with Crippen LogP contribution in [0.3, 0.4) is 0 Å². The molecule has 0 fully saturated rings. The predicted molar refractivity (Wildman–Crippen MR) is 80.0 cm³/mol. The Hall–Kier alpha value is -1.39. The van der Waals surface area contributed by atoms with E-state index in [0.29, 0.717) is 6.04 Å². The third kappa shape index (κ3) is 3.78. The second-order valence-electron chi connectivity index (χ2n) is 4.56. The van der Waals surface area contributed by atoms with E-state index >= 15 is 0 Å². The molecule has 0 spiro atoms. The number of nitrogens with zero attached hydrogens (tertiary/aromatic N) is 1. The number of nitrogens with one attached hydrogen (secondary N) is 1. The highest BCUT2D eigenvalue weighted by Crippen LogP contribution is 2.19. The number of aryl methyl sites for hydroxylation is 1. The highest BCUT2D eigenvalue weighted by molar-refractivity contribution is 7.09. The van der Waals surface area contributed by atoms with Crippen LogP contribution >= 0.6 is 11.3 Å². The number of benzene rings is 1. The summed E-state index contributed by atoms with van der Waals surface area (Å²) in [4.78, 5) is 5.64. The van der Waals surface area contributed by atoms with Gasteiger partial charge in [-0.1, -0.05) is 12.1 Å². The number of hydrogen-bond acceptors (Lipinski definition) is 4. The zero-order chi connectivity index (χ0) is 13.7. The Morgan fingerprint density at radius 2 is 2.26 bits per heavy atom. The van der Waals surface area contributed by atoms with Crippen LogP contribution in [-0.2, 0) is 6.42 Å². The van der Waals surface area contributed by atoms with E-state index in [0.717, 1.165) is 24.4 Å². The van der Waals surface area contributed by atoms with Gasteiger partial charge in [-0.15, -0.1) is 11.3 Å². The number of aromatic nitrogens is 1. The minimum atomic E-state index is 0.323. The van der Waals surface area contributed by atoms with Gasteiger partial charge in [0.15, 0.2) is 0 Å². The Kier molecular flexibility index (Phi) is 4.93. The van der Waals surface area contributed by atoms with E-state index in [4.69, 9.17) is 4.74 Å². The van der Waals surface area contributed by atoms with E-state index in [9.17, 15) is 0 Å². The maximum atomic E-state index is 5.25. The molecule has 2 aromatic rings. The first-order chi connectivity index (χ1) is 9.20. The second-order valence-corrected chi connectivity index (χ2v) is 5.50. The number of rotatable bonds is 6. The quantitative estimate of drug-likeness (QED) is 0.878. The highest BCUT2D eigenvalue weighted by Gasteiger charge is 2.07. The van der Waals surface area contributed by atoms with Crippen LogP contribution in [0, 0.1) is 6.92 Å². The van der Waals surface area contributed by atoms with Gasteiger partial charge in [0, 0.05) is 17.5 Å². The number of ether oxygens (including phenoxy) is 1. The highest BCUT2D eigenvalue weighted by atomic mass is 32.1. The van der Waals surface area contributed by atoms with Gasteiger partial charge in [0.1, 0.15) is 5.75 Å². The van der Waals surface area contributed by atoms with Crippen molar-refractivity contribution >= 4 is 11.3 Å². The molecule has 0 saturated carbocycles. The standard InChI is InChI=1S/C15H20N2OS/c1-11(13-5-4-6-14(9-13)18-3)16-8-7-15-12(2)17-10-19-15/h4-6,9-11,16H,7-8H2,1-3H3/t11-/m1/s1. The number of thiazole rings is 1. The van der Waals surface area contributed by atoms with Crippen LogP contribution in [0.5, 0.6) is 5.75 Å². The van der Waals surface area contributed by atoms with E-state index in [1.54, 1.807) is 18.4 Å². The fourth-order valence-corrected chi connectivity index (χ4v) is 2.78. The first kappa shape index (κ1) is 14.0. The smallest absolute Gasteiger partial charge is 0.119 e. The summed E-state index contributed by atoms with van der Waals surface area (Å²) in [7, 11) is 1.70. The SMILES string of the molecule is COc1cccc([C@@H](C)NCCc2scnc2C)c1. The molecule has 1 heterocycles. The molecule has 4 heteroatoms. The van der Waals surface area contributed by atoms with Crippen molar-refractivity contribution < 1.29 is 4.74 Å². The zero-order valence-electron chi connectivity index (χ0n) is 11.6. The van der Waals surface area contributed by atoms with Crippen LogP contribution in [-0.4, -0.2) is 18.6 Å². The van der Waals surface area contributed by atoms with Gasteiger partial charge in [-0.25, -0.2) is 4.98 Å². The van der Waals surface area contributed by atoms with Crippen LogP contribution in [0.15, 0.2) is 29.8 Å². The minimum absolute atomic E-state index is 0.323. The fourth-order valence-electron chi connectivity index (χ4n) is 2.00. The molecule has 19 heavy (non-hydrogen) atoms. The Labute approximate surface area is 118 Å². The first-order valence-electron chi connectivity index (χ1n) is 6.47. The molecule has 0 unspecified atom stereocenters. The van der Waals surface area contributed by atoms with E-state index in [2.05, 4.69) is 36.3 Å². The van der Waals surface area contributed by atoms with Gasteiger partial charge in [-0.05, 0) is 38.0 Å². The van der Waals surface area contributed by atoms with Gasteiger partial charge >= 0.3 is 0 Å². The Bertz CT molecular complexity index is 524. The van der Waals surface area contributed by atoms with Gasteiger partial charge in [0.05, 0.1) is 18.3 Å². The number of methoxy groups -OCH3 is 1. The van der Waals surface area contributed by atoms with E-state index in [1.165, 1.54) is 10.4 Å². The van der Waals surface area contributed by atoms with Crippen molar-refractivity contribution in [3.63, 3.8) is 0 Å². The molecule has 1 N–H and O–H groups in total. The van der Waals surface area contributed by atoms with Crippen molar-refractivity contribution in [3.05, 3.63) is 45.9 Å². The molecule has 0 amide bonds. The van der Waals surface area contributed by atoms with Crippen LogP contribution in [0.4, 0.5) is 0 Å². The van der Waals surface area contributed by atoms with Gasteiger partial charge < -0.3 is 10.1 Å². The lowest BCUT2D eigenvalue weighted by atomic mass is 10.1. The summed E-state index contributed by atoms with van der Waals surface area (Å²) in [5, 5.41) is 3.54. The lowest BCUT2D eigenvalue weighted by Gasteiger charge is -2.14. The summed E-state index contributed by atoms with van der Waals surface area (Å²) in [6, 6.07) is 8.52. The molecule has 0 aliphatic rings. The molecule has 0 radical (unpaired) electrons. The van der Waals surface area contributed by atoms with E-state index in [-0.39, 0.29) is 0 Å². The molecule has 0 bridgehead atoms. The van der Waals surface area contributed by atoms with Gasteiger partial charge in [-0.2, -0.15) is 0 Å². The predicted octanol–water partition coefficient (Wildman–Crippen LogP) is 3.35. The van der Waals surface area contributed by atoms with E-state index in [1.807, 2.05) is 17.6 Å².